The summed E-state index contributed by atoms with van der Waals surface area (Å²) in [4.78, 5) is 43.3. The van der Waals surface area contributed by atoms with E-state index in [-0.39, 0.29) is 5.78 Å². The third-order valence-electron chi connectivity index (χ3n) is 7.81. The van der Waals surface area contributed by atoms with E-state index in [2.05, 4.69) is 5.32 Å². The van der Waals surface area contributed by atoms with E-state index in [1.54, 1.807) is 104 Å². The number of Topliss-reactive ketones (excluding diaryl/α,β-unsaturated/α-hetero) is 1. The number of carboxylic acid groups (broad SMARTS) is 1. The summed E-state index contributed by atoms with van der Waals surface area (Å²) in [6.45, 7) is 1.51. The van der Waals surface area contributed by atoms with Gasteiger partial charge in [0.1, 0.15) is 11.3 Å². The number of nitrogens with one attached hydrogen (secondary N) is 1. The molecule has 4 aromatic rings. The zero-order chi connectivity index (χ0) is 29.1. The molecule has 8 heteroatoms. The molecular weight excluding hydrogens is 540 g/mol. The van der Waals surface area contributed by atoms with Crippen LogP contribution in [0.1, 0.15) is 40.4 Å². The molecule has 1 fully saturated rings. The highest BCUT2D eigenvalue weighted by molar-refractivity contribution is 6.30. The molecule has 0 aliphatic carbocycles. The highest BCUT2D eigenvalue weighted by Crippen LogP contribution is 2.56. The maximum absolute atomic E-state index is 14.4. The summed E-state index contributed by atoms with van der Waals surface area (Å²) in [5, 5.41) is 14.2. The number of carbonyl (C=O) groups is 3. The first kappa shape index (κ1) is 27.9. The smallest absolute Gasteiger partial charge is 0.330 e. The molecule has 4 atom stereocenters. The van der Waals surface area contributed by atoms with Crippen LogP contribution in [0.2, 0.25) is 5.02 Å². The van der Waals surface area contributed by atoms with Gasteiger partial charge in [-0.3, -0.25) is 9.69 Å². The molecule has 0 spiro atoms. The number of benzene rings is 4. The van der Waals surface area contributed by atoms with Crippen molar-refractivity contribution < 1.29 is 24.2 Å². The summed E-state index contributed by atoms with van der Waals surface area (Å²) in [6.07, 6.45) is 0. The van der Waals surface area contributed by atoms with Crippen molar-refractivity contribution in [3.05, 3.63) is 131 Å². The van der Waals surface area contributed by atoms with Crippen molar-refractivity contribution in [3.63, 3.8) is 0 Å². The monoisotopic (exact) mass is 568 g/mol. The standard InChI is InChI=1S/C33H29ClN2O5/c1-33(31(38)39)28(21-13-17-24(34)18-14-21)27(30(37)23-9-5-3-6-10-23)29(22-15-19-26(41-2)20-16-22)36(33)32(40)35-25-11-7-4-8-12-25/h3-20,27-29H,1-2H3,(H,35,40)(H,38,39). The molecule has 41 heavy (non-hydrogen) atoms. The predicted molar refractivity (Wildman–Crippen MR) is 158 cm³/mol. The maximum atomic E-state index is 14.4. The number of amides is 2. The fourth-order valence-corrected chi connectivity index (χ4v) is 5.98. The van der Waals surface area contributed by atoms with E-state index in [9.17, 15) is 19.5 Å². The molecule has 208 valence electrons. The molecule has 4 aromatic carbocycles. The lowest BCUT2D eigenvalue weighted by Gasteiger charge is -2.37. The van der Waals surface area contributed by atoms with Gasteiger partial charge in [-0.25, -0.2) is 9.59 Å². The molecule has 1 saturated heterocycles. The summed E-state index contributed by atoms with van der Waals surface area (Å²) < 4.78 is 5.34. The quantitative estimate of drug-likeness (QED) is 0.233. The molecule has 0 bridgehead atoms. The van der Waals surface area contributed by atoms with Crippen LogP contribution in [-0.2, 0) is 4.79 Å². The molecule has 4 unspecified atom stereocenters. The van der Waals surface area contributed by atoms with Crippen LogP contribution in [0.5, 0.6) is 5.75 Å². The number of halogens is 1. The molecule has 7 nitrogen and oxygen atoms in total. The van der Waals surface area contributed by atoms with Crippen molar-refractivity contribution in [1.82, 2.24) is 4.90 Å². The summed E-state index contributed by atoms with van der Waals surface area (Å²) in [6, 6.07) is 29.8. The Morgan fingerprint density at radius 3 is 1.95 bits per heavy atom. The number of ether oxygens (including phenoxy) is 1. The summed E-state index contributed by atoms with van der Waals surface area (Å²) >= 11 is 6.20. The van der Waals surface area contributed by atoms with Gasteiger partial charge in [0.05, 0.1) is 19.1 Å². The van der Waals surface area contributed by atoms with Crippen LogP contribution in [0.4, 0.5) is 10.5 Å². The number of hydrogen-bond acceptors (Lipinski definition) is 4. The second-order valence-electron chi connectivity index (χ2n) is 10.1. The molecule has 2 N–H and O–H groups in total. The number of ketones is 1. The van der Waals surface area contributed by atoms with Crippen LogP contribution in [-0.4, -0.2) is 40.4 Å². The molecular formula is C33H29ClN2O5. The maximum Gasteiger partial charge on any atom is 0.330 e. The molecule has 1 aliphatic rings. The van der Waals surface area contributed by atoms with Gasteiger partial charge in [-0.2, -0.15) is 0 Å². The van der Waals surface area contributed by atoms with Crippen LogP contribution >= 0.6 is 11.6 Å². The Kier molecular flexibility index (Phi) is 7.81. The molecule has 0 radical (unpaired) electrons. The number of carbonyl (C=O) groups excluding carboxylic acids is 2. The highest BCUT2D eigenvalue weighted by atomic mass is 35.5. The zero-order valence-corrected chi connectivity index (χ0v) is 23.3. The predicted octanol–water partition coefficient (Wildman–Crippen LogP) is 7.06. The number of methoxy groups -OCH3 is 1. The van der Waals surface area contributed by atoms with Gasteiger partial charge >= 0.3 is 12.0 Å². The van der Waals surface area contributed by atoms with E-state index >= 15 is 0 Å². The molecule has 2 amide bonds. The number of nitrogens with zero attached hydrogens (tertiary/aromatic N) is 1. The first-order valence-electron chi connectivity index (χ1n) is 13.1. The minimum absolute atomic E-state index is 0.270. The second-order valence-corrected chi connectivity index (χ2v) is 10.6. The number of carboxylic acids is 1. The van der Waals surface area contributed by atoms with E-state index in [1.165, 1.54) is 11.8 Å². The average molecular weight is 569 g/mol. The van der Waals surface area contributed by atoms with Gasteiger partial charge in [0.2, 0.25) is 0 Å². The first-order chi connectivity index (χ1) is 19.8. The van der Waals surface area contributed by atoms with Crippen molar-refractivity contribution in [1.29, 1.82) is 0 Å². The van der Waals surface area contributed by atoms with E-state index < -0.39 is 35.4 Å². The Morgan fingerprint density at radius 2 is 1.39 bits per heavy atom. The third-order valence-corrected chi connectivity index (χ3v) is 8.06. The van der Waals surface area contributed by atoms with Crippen LogP contribution in [0.3, 0.4) is 0 Å². The first-order valence-corrected chi connectivity index (χ1v) is 13.5. The van der Waals surface area contributed by atoms with Crippen LogP contribution in [0.15, 0.2) is 109 Å². The van der Waals surface area contributed by atoms with Crippen molar-refractivity contribution in [2.75, 3.05) is 12.4 Å². The summed E-state index contributed by atoms with van der Waals surface area (Å²) in [5.74, 6) is -2.78. The minimum atomic E-state index is -1.83. The van der Waals surface area contributed by atoms with Crippen LogP contribution in [0, 0.1) is 5.92 Å². The minimum Gasteiger partial charge on any atom is -0.497 e. The molecule has 1 aliphatic heterocycles. The van der Waals surface area contributed by atoms with Crippen molar-refractivity contribution >= 4 is 35.1 Å². The average Bonchev–Trinajstić information content (AvgIpc) is 3.28. The molecule has 5 rings (SSSR count). The number of urea groups is 1. The van der Waals surface area contributed by atoms with Gasteiger partial charge in [-0.05, 0) is 54.4 Å². The van der Waals surface area contributed by atoms with E-state index in [4.69, 9.17) is 16.3 Å². The molecule has 1 heterocycles. The highest BCUT2D eigenvalue weighted by Gasteiger charge is 2.65. The van der Waals surface area contributed by atoms with Crippen molar-refractivity contribution in [2.24, 2.45) is 5.92 Å². The Hall–Kier alpha value is -4.62. The van der Waals surface area contributed by atoms with Gasteiger partial charge in [0, 0.05) is 22.2 Å². The van der Waals surface area contributed by atoms with E-state index in [0.29, 0.717) is 33.1 Å². The molecule has 0 aromatic heterocycles. The lowest BCUT2D eigenvalue weighted by molar-refractivity contribution is -0.148. The number of para-hydroxylation sites is 1. The number of hydrogen-bond donors (Lipinski definition) is 2. The second kappa shape index (κ2) is 11.5. The summed E-state index contributed by atoms with van der Waals surface area (Å²) in [7, 11) is 1.55. The third kappa shape index (κ3) is 5.16. The number of likely N-dealkylation sites (tertiary alicyclic amines) is 1. The number of rotatable bonds is 7. The Bertz CT molecular complexity index is 1540. The van der Waals surface area contributed by atoms with Crippen molar-refractivity contribution in [3.8, 4) is 5.75 Å². The van der Waals surface area contributed by atoms with Crippen molar-refractivity contribution in [2.45, 2.75) is 24.4 Å². The fraction of sp³-hybridized carbons (Fsp3) is 0.182. The van der Waals surface area contributed by atoms with Gasteiger partial charge in [-0.1, -0.05) is 84.4 Å². The van der Waals surface area contributed by atoms with Gasteiger partial charge in [0.15, 0.2) is 5.78 Å². The number of aliphatic carboxylic acids is 1. The lowest BCUT2D eigenvalue weighted by Crippen LogP contribution is -2.55. The molecule has 0 saturated carbocycles. The van der Waals surface area contributed by atoms with E-state index in [0.717, 1.165) is 0 Å². The SMILES string of the molecule is COc1ccc(C2C(C(=O)c3ccccc3)C(c3ccc(Cl)cc3)C(C)(C(=O)O)N2C(=O)Nc2ccccc2)cc1. The Balaban J connectivity index is 1.77. The fourth-order valence-electron chi connectivity index (χ4n) is 5.86. The van der Waals surface area contributed by atoms with Crippen LogP contribution < -0.4 is 10.1 Å². The van der Waals surface area contributed by atoms with Gasteiger partial charge in [-0.15, -0.1) is 0 Å². The van der Waals surface area contributed by atoms with Gasteiger partial charge in [0.25, 0.3) is 0 Å². The topological polar surface area (TPSA) is 95.9 Å². The van der Waals surface area contributed by atoms with Crippen LogP contribution in [0.25, 0.3) is 0 Å². The summed E-state index contributed by atoms with van der Waals surface area (Å²) in [5.41, 5.74) is 0.286. The Labute approximate surface area is 243 Å². The largest absolute Gasteiger partial charge is 0.497 e. The van der Waals surface area contributed by atoms with Gasteiger partial charge < -0.3 is 15.2 Å². The van der Waals surface area contributed by atoms with E-state index in [1.807, 2.05) is 12.1 Å². The normalized spacial score (nSPS) is 21.7. The zero-order valence-electron chi connectivity index (χ0n) is 22.5. The number of anilines is 1. The Morgan fingerprint density at radius 1 is 0.829 bits per heavy atom. The lowest BCUT2D eigenvalue weighted by atomic mass is 9.71.